The second-order valence-electron chi connectivity index (χ2n) is 7.63. The summed E-state index contributed by atoms with van der Waals surface area (Å²) in [4.78, 5) is 9.23. The molecule has 2 aromatic rings. The molecule has 0 aliphatic carbocycles. The van der Waals surface area contributed by atoms with Gasteiger partial charge in [0.1, 0.15) is 11.4 Å². The Balaban J connectivity index is 2.10. The van der Waals surface area contributed by atoms with Crippen molar-refractivity contribution in [1.29, 1.82) is 0 Å². The molecule has 1 atom stereocenters. The first kappa shape index (κ1) is 19.5. The van der Waals surface area contributed by atoms with Gasteiger partial charge in [-0.2, -0.15) is 0 Å². The van der Waals surface area contributed by atoms with Crippen LogP contribution in [0.15, 0.2) is 18.2 Å². The van der Waals surface area contributed by atoms with Crippen LogP contribution in [0.25, 0.3) is 0 Å². The van der Waals surface area contributed by atoms with Crippen molar-refractivity contribution in [2.24, 2.45) is 0 Å². The highest BCUT2D eigenvalue weighted by Gasteiger charge is 2.29. The van der Waals surface area contributed by atoms with Gasteiger partial charge in [0.05, 0.1) is 18.3 Å². The molecule has 0 spiro atoms. The lowest BCUT2D eigenvalue weighted by Crippen LogP contribution is -2.46. The van der Waals surface area contributed by atoms with Crippen LogP contribution in [0, 0.1) is 27.7 Å². The Morgan fingerprint density at radius 3 is 2.37 bits per heavy atom. The maximum Gasteiger partial charge on any atom is 0.245 e. The van der Waals surface area contributed by atoms with E-state index in [1.54, 1.807) is 0 Å². The summed E-state index contributed by atoms with van der Waals surface area (Å²) in [5.74, 6) is 1.51. The second-order valence-corrected chi connectivity index (χ2v) is 7.63. The van der Waals surface area contributed by atoms with E-state index in [1.165, 1.54) is 5.56 Å². The third-order valence-electron chi connectivity index (χ3n) is 5.36. The fourth-order valence-electron chi connectivity index (χ4n) is 4.01. The van der Waals surface area contributed by atoms with E-state index in [0.29, 0.717) is 5.88 Å². The number of rotatable bonds is 5. The number of hydrogen-bond acceptors (Lipinski definition) is 5. The van der Waals surface area contributed by atoms with Crippen LogP contribution in [0.5, 0.6) is 11.6 Å². The van der Waals surface area contributed by atoms with Crippen LogP contribution in [0.1, 0.15) is 35.7 Å². The van der Waals surface area contributed by atoms with E-state index in [-0.39, 0.29) is 12.6 Å². The molecule has 0 radical (unpaired) electrons. The minimum atomic E-state index is 0.106. The highest BCUT2D eigenvalue weighted by Crippen LogP contribution is 2.43. The van der Waals surface area contributed by atoms with Crippen molar-refractivity contribution in [3.05, 3.63) is 40.6 Å². The molecule has 0 bridgehead atoms. The number of aliphatic hydroxyl groups excluding tert-OH is 1. The summed E-state index contributed by atoms with van der Waals surface area (Å²) in [6, 6.07) is 6.49. The molecule has 3 rings (SSSR count). The Bertz CT molecular complexity index is 808. The summed E-state index contributed by atoms with van der Waals surface area (Å²) < 4.78 is 6.40. The van der Waals surface area contributed by atoms with Crippen molar-refractivity contribution in [2.75, 3.05) is 36.5 Å². The topological polar surface area (TPSA) is 48.8 Å². The van der Waals surface area contributed by atoms with E-state index in [1.807, 2.05) is 6.92 Å². The van der Waals surface area contributed by atoms with Crippen molar-refractivity contribution >= 4 is 11.4 Å². The van der Waals surface area contributed by atoms with Crippen molar-refractivity contribution in [1.82, 2.24) is 4.98 Å². The van der Waals surface area contributed by atoms with Crippen LogP contribution in [0.3, 0.4) is 0 Å². The Morgan fingerprint density at radius 2 is 1.78 bits per heavy atom. The summed E-state index contributed by atoms with van der Waals surface area (Å²) in [7, 11) is 2.08. The Labute approximate surface area is 162 Å². The number of aromatic nitrogens is 1. The minimum Gasteiger partial charge on any atom is -0.436 e. The van der Waals surface area contributed by atoms with Crippen LogP contribution in [0.2, 0.25) is 0 Å². The number of ether oxygens (including phenoxy) is 1. The van der Waals surface area contributed by atoms with Crippen LogP contribution < -0.4 is 14.5 Å². The number of aliphatic hydroxyl groups is 1. The van der Waals surface area contributed by atoms with Crippen molar-refractivity contribution in [2.45, 2.75) is 47.1 Å². The summed E-state index contributed by atoms with van der Waals surface area (Å²) in [5.41, 5.74) is 6.46. The molecule has 1 aromatic heterocycles. The lowest BCUT2D eigenvalue weighted by atomic mass is 10.1. The smallest absolute Gasteiger partial charge is 0.245 e. The van der Waals surface area contributed by atoms with Gasteiger partial charge >= 0.3 is 0 Å². The molecular weight excluding hydrogens is 338 g/mol. The number of benzene rings is 1. The van der Waals surface area contributed by atoms with E-state index in [2.05, 4.69) is 62.7 Å². The number of aryl methyl sites for hydroxylation is 4. The van der Waals surface area contributed by atoms with Gasteiger partial charge in [-0.05, 0) is 51.3 Å². The number of hydrogen-bond donors (Lipinski definition) is 1. The molecule has 0 saturated heterocycles. The monoisotopic (exact) mass is 369 g/mol. The quantitative estimate of drug-likeness (QED) is 0.858. The lowest BCUT2D eigenvalue weighted by molar-refractivity contribution is 0.255. The molecule has 1 aromatic carbocycles. The molecular formula is C22H31N3O2. The van der Waals surface area contributed by atoms with Crippen LogP contribution in [-0.4, -0.2) is 42.9 Å². The van der Waals surface area contributed by atoms with Gasteiger partial charge in [-0.1, -0.05) is 24.6 Å². The Morgan fingerprint density at radius 1 is 1.11 bits per heavy atom. The van der Waals surface area contributed by atoms with E-state index in [9.17, 15) is 5.11 Å². The molecule has 5 nitrogen and oxygen atoms in total. The number of likely N-dealkylation sites (N-methyl/N-ethyl adjacent to an activating group) is 1. The van der Waals surface area contributed by atoms with E-state index in [4.69, 9.17) is 9.72 Å². The van der Waals surface area contributed by atoms with E-state index in [0.717, 1.165) is 53.5 Å². The third-order valence-corrected chi connectivity index (χ3v) is 5.36. The zero-order valence-electron chi connectivity index (χ0n) is 17.3. The van der Waals surface area contributed by atoms with Gasteiger partial charge in [0, 0.05) is 25.8 Å². The maximum atomic E-state index is 9.84. The Kier molecular flexibility index (Phi) is 5.61. The predicted octanol–water partition coefficient (Wildman–Crippen LogP) is 4.13. The fourth-order valence-corrected chi connectivity index (χ4v) is 4.01. The number of fused-ring (bicyclic) bond motifs is 1. The third kappa shape index (κ3) is 3.74. The first-order chi connectivity index (χ1) is 12.8. The van der Waals surface area contributed by atoms with Crippen molar-refractivity contribution in [3.8, 4) is 11.6 Å². The molecule has 5 heteroatoms. The molecule has 1 aliphatic rings. The maximum absolute atomic E-state index is 9.84. The summed E-state index contributed by atoms with van der Waals surface area (Å²) in [6.07, 6.45) is 0.896. The van der Waals surface area contributed by atoms with Gasteiger partial charge in [0.25, 0.3) is 0 Å². The first-order valence-electron chi connectivity index (χ1n) is 9.71. The van der Waals surface area contributed by atoms with Crippen LogP contribution >= 0.6 is 0 Å². The molecule has 1 unspecified atom stereocenters. The highest BCUT2D eigenvalue weighted by atomic mass is 16.5. The normalized spacial score (nSPS) is 14.9. The molecule has 1 N–H and O–H groups in total. The average Bonchev–Trinajstić information content (AvgIpc) is 2.60. The van der Waals surface area contributed by atoms with Gasteiger partial charge in [0.2, 0.25) is 5.88 Å². The van der Waals surface area contributed by atoms with E-state index >= 15 is 0 Å². The van der Waals surface area contributed by atoms with E-state index < -0.39 is 0 Å². The van der Waals surface area contributed by atoms with Gasteiger partial charge in [-0.3, -0.25) is 0 Å². The fraction of sp³-hybridized carbons (Fsp3) is 0.500. The summed E-state index contributed by atoms with van der Waals surface area (Å²) >= 11 is 0. The molecule has 0 amide bonds. The standard InChI is InChI=1S/C22H31N3O2/c1-7-18(13-26)25-9-8-24(6)20-19(25)12-17(5)23-22(20)27-21-15(3)10-14(2)11-16(21)4/h10-12,18,26H,7-9,13H2,1-6H3. The van der Waals surface area contributed by atoms with Gasteiger partial charge in [-0.25, -0.2) is 4.98 Å². The largest absolute Gasteiger partial charge is 0.436 e. The number of nitrogens with zero attached hydrogens (tertiary/aromatic N) is 3. The molecule has 2 heterocycles. The molecule has 1 aliphatic heterocycles. The zero-order valence-corrected chi connectivity index (χ0v) is 17.3. The summed E-state index contributed by atoms with van der Waals surface area (Å²) in [6.45, 7) is 12.3. The van der Waals surface area contributed by atoms with Gasteiger partial charge in [-0.15, -0.1) is 0 Å². The second kappa shape index (κ2) is 7.77. The predicted molar refractivity (Wildman–Crippen MR) is 111 cm³/mol. The van der Waals surface area contributed by atoms with Gasteiger partial charge < -0.3 is 19.6 Å². The number of anilines is 2. The van der Waals surface area contributed by atoms with Crippen molar-refractivity contribution < 1.29 is 9.84 Å². The first-order valence-corrected chi connectivity index (χ1v) is 9.71. The van der Waals surface area contributed by atoms with Gasteiger partial charge in [0.15, 0.2) is 0 Å². The molecule has 146 valence electrons. The minimum absolute atomic E-state index is 0.106. The average molecular weight is 370 g/mol. The number of pyridine rings is 1. The van der Waals surface area contributed by atoms with Crippen molar-refractivity contribution in [3.63, 3.8) is 0 Å². The highest BCUT2D eigenvalue weighted by molar-refractivity contribution is 5.79. The SMILES string of the molecule is CCC(CO)N1CCN(C)c2c1cc(C)nc2Oc1c(C)cc(C)cc1C. The molecule has 0 fully saturated rings. The molecule has 27 heavy (non-hydrogen) atoms. The molecule has 0 saturated carbocycles. The Hall–Kier alpha value is -2.27. The van der Waals surface area contributed by atoms with Crippen LogP contribution in [-0.2, 0) is 0 Å². The summed E-state index contributed by atoms with van der Waals surface area (Å²) in [5, 5.41) is 9.84. The lowest BCUT2D eigenvalue weighted by Gasteiger charge is -2.41. The van der Waals surface area contributed by atoms with Crippen LogP contribution in [0.4, 0.5) is 11.4 Å². The zero-order chi connectivity index (χ0) is 19.7.